The number of amides is 1. The molecule has 0 fully saturated rings. The first kappa shape index (κ1) is 14.8. The Labute approximate surface area is 112 Å². The maximum Gasteiger partial charge on any atom is 0.326 e. The molecule has 0 spiro atoms. The van der Waals surface area contributed by atoms with Gasteiger partial charge >= 0.3 is 5.97 Å². The largest absolute Gasteiger partial charge is 0.480 e. The van der Waals surface area contributed by atoms with Gasteiger partial charge in [0.15, 0.2) is 0 Å². The number of carbonyl (C=O) groups is 2. The van der Waals surface area contributed by atoms with Crippen LogP contribution in [0.4, 0.5) is 0 Å². The number of carboxylic acid groups (broad SMARTS) is 1. The van der Waals surface area contributed by atoms with Crippen molar-refractivity contribution in [3.05, 3.63) is 35.9 Å². The Morgan fingerprint density at radius 1 is 1.32 bits per heavy atom. The summed E-state index contributed by atoms with van der Waals surface area (Å²) in [6.07, 6.45) is 6.73. The van der Waals surface area contributed by atoms with Crippen LogP contribution in [0.5, 0.6) is 0 Å². The normalized spacial score (nSPS) is 11.3. The van der Waals surface area contributed by atoms with Gasteiger partial charge in [0.25, 0.3) is 0 Å². The van der Waals surface area contributed by atoms with Gasteiger partial charge in [0.2, 0.25) is 5.91 Å². The van der Waals surface area contributed by atoms with Crippen LogP contribution in [-0.2, 0) is 16.0 Å². The monoisotopic (exact) mass is 259 g/mol. The standard InChI is InChI=1S/C15H17NO3/c1-2-3-5-10-13(15(18)19)16-14(17)11-12-8-6-4-7-9-12/h1,4,6-9,13H,3,5,10-11H2,(H,16,17)(H,18,19)/t13-/m0/s1. The van der Waals surface area contributed by atoms with E-state index in [2.05, 4.69) is 11.2 Å². The molecule has 19 heavy (non-hydrogen) atoms. The molecule has 0 bridgehead atoms. The van der Waals surface area contributed by atoms with Crippen molar-refractivity contribution in [3.63, 3.8) is 0 Å². The Hall–Kier alpha value is -2.28. The predicted molar refractivity (Wildman–Crippen MR) is 72.4 cm³/mol. The van der Waals surface area contributed by atoms with Crippen molar-refractivity contribution in [1.82, 2.24) is 5.32 Å². The summed E-state index contributed by atoms with van der Waals surface area (Å²) in [5.41, 5.74) is 0.854. The molecule has 100 valence electrons. The van der Waals surface area contributed by atoms with Crippen molar-refractivity contribution in [3.8, 4) is 12.3 Å². The zero-order valence-electron chi connectivity index (χ0n) is 10.6. The molecule has 4 nitrogen and oxygen atoms in total. The van der Waals surface area contributed by atoms with E-state index in [1.807, 2.05) is 30.3 Å². The third kappa shape index (κ3) is 5.73. The number of hydrogen-bond acceptors (Lipinski definition) is 2. The van der Waals surface area contributed by atoms with E-state index in [0.717, 1.165) is 5.56 Å². The highest BCUT2D eigenvalue weighted by Gasteiger charge is 2.19. The Kier molecular flexibility index (Phi) is 6.17. The summed E-state index contributed by atoms with van der Waals surface area (Å²) < 4.78 is 0. The second-order valence-corrected chi connectivity index (χ2v) is 4.22. The highest BCUT2D eigenvalue weighted by molar-refractivity contribution is 5.84. The molecule has 0 aliphatic rings. The van der Waals surface area contributed by atoms with E-state index >= 15 is 0 Å². The Balaban J connectivity index is 2.47. The molecule has 0 aliphatic carbocycles. The SMILES string of the molecule is C#CCCC[C@H](NC(=O)Cc1ccccc1)C(=O)O. The quantitative estimate of drug-likeness (QED) is 0.577. The van der Waals surface area contributed by atoms with Crippen LogP contribution in [0.25, 0.3) is 0 Å². The number of hydrogen-bond donors (Lipinski definition) is 2. The van der Waals surface area contributed by atoms with Gasteiger partial charge in [0.1, 0.15) is 6.04 Å². The number of rotatable bonds is 7. The maximum absolute atomic E-state index is 11.7. The van der Waals surface area contributed by atoms with Gasteiger partial charge in [-0.2, -0.15) is 0 Å². The molecule has 0 heterocycles. The van der Waals surface area contributed by atoms with Crippen molar-refractivity contribution in [2.45, 2.75) is 31.7 Å². The van der Waals surface area contributed by atoms with Crippen LogP contribution in [0.1, 0.15) is 24.8 Å². The van der Waals surface area contributed by atoms with Crippen molar-refractivity contribution in [1.29, 1.82) is 0 Å². The smallest absolute Gasteiger partial charge is 0.326 e. The van der Waals surface area contributed by atoms with Gasteiger partial charge in [-0.1, -0.05) is 30.3 Å². The van der Waals surface area contributed by atoms with Gasteiger partial charge in [-0.15, -0.1) is 12.3 Å². The number of nitrogens with one attached hydrogen (secondary N) is 1. The molecule has 1 aromatic rings. The molecule has 0 aliphatic heterocycles. The molecule has 1 rings (SSSR count). The number of benzene rings is 1. The van der Waals surface area contributed by atoms with E-state index in [0.29, 0.717) is 19.3 Å². The fourth-order valence-corrected chi connectivity index (χ4v) is 1.69. The molecular weight excluding hydrogens is 242 g/mol. The molecule has 0 radical (unpaired) electrons. The third-order valence-corrected chi connectivity index (χ3v) is 2.65. The van der Waals surface area contributed by atoms with Crippen molar-refractivity contribution >= 4 is 11.9 Å². The lowest BCUT2D eigenvalue weighted by atomic mass is 10.1. The first-order chi connectivity index (χ1) is 9.13. The number of unbranched alkanes of at least 4 members (excludes halogenated alkanes) is 1. The van der Waals surface area contributed by atoms with Crippen molar-refractivity contribution in [2.75, 3.05) is 0 Å². The summed E-state index contributed by atoms with van der Waals surface area (Å²) in [7, 11) is 0. The Morgan fingerprint density at radius 3 is 2.58 bits per heavy atom. The van der Waals surface area contributed by atoms with Crippen LogP contribution in [0.15, 0.2) is 30.3 Å². The fourth-order valence-electron chi connectivity index (χ4n) is 1.69. The van der Waals surface area contributed by atoms with Crippen LogP contribution in [0, 0.1) is 12.3 Å². The minimum absolute atomic E-state index is 0.180. The number of aliphatic carboxylic acids is 1. The molecule has 1 aromatic carbocycles. The summed E-state index contributed by atoms with van der Waals surface area (Å²) in [6, 6.07) is 8.32. The van der Waals surface area contributed by atoms with Gasteiger partial charge in [0, 0.05) is 6.42 Å². The predicted octanol–water partition coefficient (Wildman–Crippen LogP) is 1.60. The topological polar surface area (TPSA) is 66.4 Å². The summed E-state index contributed by atoms with van der Waals surface area (Å²) in [5.74, 6) is 1.13. The summed E-state index contributed by atoms with van der Waals surface area (Å²) >= 11 is 0. The highest BCUT2D eigenvalue weighted by atomic mass is 16.4. The number of carbonyl (C=O) groups excluding carboxylic acids is 1. The average molecular weight is 259 g/mol. The van der Waals surface area contributed by atoms with Crippen LogP contribution >= 0.6 is 0 Å². The summed E-state index contributed by atoms with van der Waals surface area (Å²) in [5, 5.41) is 11.5. The summed E-state index contributed by atoms with van der Waals surface area (Å²) in [6.45, 7) is 0. The molecule has 0 unspecified atom stereocenters. The first-order valence-corrected chi connectivity index (χ1v) is 6.13. The van der Waals surface area contributed by atoms with Crippen molar-refractivity contribution < 1.29 is 14.7 Å². The molecule has 0 aromatic heterocycles. The molecule has 1 amide bonds. The van der Waals surface area contributed by atoms with Crippen molar-refractivity contribution in [2.24, 2.45) is 0 Å². The first-order valence-electron chi connectivity index (χ1n) is 6.13. The van der Waals surface area contributed by atoms with Gasteiger partial charge < -0.3 is 10.4 Å². The lowest BCUT2D eigenvalue weighted by Gasteiger charge is -2.13. The second-order valence-electron chi connectivity index (χ2n) is 4.22. The molecule has 0 saturated heterocycles. The second kappa shape index (κ2) is 7.93. The molecule has 1 atom stereocenters. The van der Waals surface area contributed by atoms with E-state index in [4.69, 9.17) is 11.5 Å². The third-order valence-electron chi connectivity index (χ3n) is 2.65. The van der Waals surface area contributed by atoms with Gasteiger partial charge in [-0.05, 0) is 18.4 Å². The van der Waals surface area contributed by atoms with E-state index < -0.39 is 12.0 Å². The maximum atomic E-state index is 11.7. The minimum Gasteiger partial charge on any atom is -0.480 e. The van der Waals surface area contributed by atoms with Crippen LogP contribution in [0.2, 0.25) is 0 Å². The molecular formula is C15H17NO3. The highest BCUT2D eigenvalue weighted by Crippen LogP contribution is 2.03. The van der Waals surface area contributed by atoms with E-state index in [1.165, 1.54) is 0 Å². The minimum atomic E-state index is -1.03. The van der Waals surface area contributed by atoms with E-state index in [1.54, 1.807) is 0 Å². The van der Waals surface area contributed by atoms with Crippen LogP contribution in [-0.4, -0.2) is 23.0 Å². The Morgan fingerprint density at radius 2 is 2.00 bits per heavy atom. The van der Waals surface area contributed by atoms with Crippen LogP contribution in [0.3, 0.4) is 0 Å². The van der Waals surface area contributed by atoms with E-state index in [-0.39, 0.29) is 12.3 Å². The lowest BCUT2D eigenvalue weighted by molar-refractivity contribution is -0.141. The number of terminal acetylenes is 1. The molecule has 2 N–H and O–H groups in total. The zero-order chi connectivity index (χ0) is 14.1. The lowest BCUT2D eigenvalue weighted by Crippen LogP contribution is -2.41. The van der Waals surface area contributed by atoms with Gasteiger partial charge in [-0.3, -0.25) is 4.79 Å². The molecule has 4 heteroatoms. The van der Waals surface area contributed by atoms with Gasteiger partial charge in [-0.25, -0.2) is 4.79 Å². The van der Waals surface area contributed by atoms with E-state index in [9.17, 15) is 9.59 Å². The Bertz CT molecular complexity index is 462. The summed E-state index contributed by atoms with van der Waals surface area (Å²) in [4.78, 5) is 22.8. The fraction of sp³-hybridized carbons (Fsp3) is 0.333. The number of carboxylic acids is 1. The molecule has 0 saturated carbocycles. The van der Waals surface area contributed by atoms with Gasteiger partial charge in [0.05, 0.1) is 6.42 Å². The zero-order valence-corrected chi connectivity index (χ0v) is 10.6. The van der Waals surface area contributed by atoms with Crippen LogP contribution < -0.4 is 5.32 Å². The average Bonchev–Trinajstić information content (AvgIpc) is 2.38.